The second-order valence-corrected chi connectivity index (χ2v) is 5.69. The summed E-state index contributed by atoms with van der Waals surface area (Å²) in [5.74, 6) is -1.54. The molecule has 28 heavy (non-hydrogen) atoms. The summed E-state index contributed by atoms with van der Waals surface area (Å²) in [6.45, 7) is -3.60. The van der Waals surface area contributed by atoms with Crippen molar-refractivity contribution in [2.75, 3.05) is 19.0 Å². The first-order valence-corrected chi connectivity index (χ1v) is 8.29. The highest BCUT2D eigenvalue weighted by molar-refractivity contribution is 6.30. The van der Waals surface area contributed by atoms with Crippen LogP contribution in [0.4, 0.5) is 14.5 Å². The van der Waals surface area contributed by atoms with E-state index in [1.807, 2.05) is 0 Å². The number of para-hydroxylation sites is 1. The Morgan fingerprint density at radius 2 is 1.96 bits per heavy atom. The van der Waals surface area contributed by atoms with Crippen molar-refractivity contribution in [3.8, 4) is 11.5 Å². The molecule has 0 aliphatic heterocycles. The molecule has 9 heteroatoms. The van der Waals surface area contributed by atoms with E-state index < -0.39 is 25.1 Å². The lowest BCUT2D eigenvalue weighted by Gasteiger charge is -2.12. The molecule has 0 unspecified atom stereocenters. The summed E-state index contributed by atoms with van der Waals surface area (Å²) in [6, 6.07) is 10.9. The number of halogens is 3. The van der Waals surface area contributed by atoms with E-state index in [0.29, 0.717) is 10.7 Å². The van der Waals surface area contributed by atoms with Crippen molar-refractivity contribution < 1.29 is 32.6 Å². The molecule has 6 nitrogen and oxygen atoms in total. The zero-order valence-corrected chi connectivity index (χ0v) is 15.4. The Bertz CT molecular complexity index is 873. The van der Waals surface area contributed by atoms with Gasteiger partial charge in [-0.25, -0.2) is 4.79 Å². The van der Waals surface area contributed by atoms with Crippen LogP contribution in [0.1, 0.15) is 5.56 Å². The molecule has 0 radical (unpaired) electrons. The minimum atomic E-state index is -3.06. The van der Waals surface area contributed by atoms with Gasteiger partial charge in [-0.05, 0) is 30.3 Å². The molecular weight excluding hydrogens is 396 g/mol. The van der Waals surface area contributed by atoms with Gasteiger partial charge in [0.1, 0.15) is 0 Å². The number of hydrogen-bond donors (Lipinski definition) is 1. The fourth-order valence-corrected chi connectivity index (χ4v) is 2.34. The van der Waals surface area contributed by atoms with Gasteiger partial charge < -0.3 is 19.5 Å². The average molecular weight is 412 g/mol. The van der Waals surface area contributed by atoms with Crippen LogP contribution in [0.25, 0.3) is 6.08 Å². The molecule has 1 N–H and O–H groups in total. The number of ether oxygens (including phenoxy) is 3. The van der Waals surface area contributed by atoms with Crippen LogP contribution >= 0.6 is 11.6 Å². The molecule has 0 aromatic heterocycles. The number of hydrogen-bond acceptors (Lipinski definition) is 5. The molecule has 0 spiro atoms. The summed E-state index contributed by atoms with van der Waals surface area (Å²) >= 11 is 5.81. The third-order valence-electron chi connectivity index (χ3n) is 3.29. The lowest BCUT2D eigenvalue weighted by Crippen LogP contribution is -2.20. The maximum Gasteiger partial charge on any atom is 0.387 e. The van der Waals surface area contributed by atoms with Crippen molar-refractivity contribution in [1.29, 1.82) is 0 Å². The van der Waals surface area contributed by atoms with E-state index in [1.165, 1.54) is 31.4 Å². The topological polar surface area (TPSA) is 73.9 Å². The minimum absolute atomic E-state index is 0.0803. The van der Waals surface area contributed by atoms with Gasteiger partial charge in [-0.2, -0.15) is 8.78 Å². The molecule has 1 amide bonds. The standard InChI is InChI=1S/C19H16ClF2NO5/c1-26-15-7-2-4-12(18(15)28-19(21)22)8-9-17(25)27-11-16(24)23-14-6-3-5-13(20)10-14/h2-10,19H,11H2,1H3,(H,23,24)/b9-8+. The third-order valence-corrected chi connectivity index (χ3v) is 3.52. The number of benzene rings is 2. The predicted octanol–water partition coefficient (Wildman–Crippen LogP) is 4.15. The average Bonchev–Trinajstić information content (AvgIpc) is 2.65. The molecule has 2 aromatic rings. The summed E-state index contributed by atoms with van der Waals surface area (Å²) in [4.78, 5) is 23.6. The van der Waals surface area contributed by atoms with Crippen LogP contribution in [0, 0.1) is 0 Å². The van der Waals surface area contributed by atoms with Crippen LogP contribution in [0.15, 0.2) is 48.5 Å². The quantitative estimate of drug-likeness (QED) is 0.522. The van der Waals surface area contributed by atoms with Crippen LogP contribution in [-0.2, 0) is 14.3 Å². The van der Waals surface area contributed by atoms with Crippen molar-refractivity contribution in [2.24, 2.45) is 0 Å². The SMILES string of the molecule is COc1cccc(/C=C/C(=O)OCC(=O)Nc2cccc(Cl)c2)c1OC(F)F. The molecular formula is C19H16ClF2NO5. The summed E-state index contributed by atoms with van der Waals surface area (Å²) in [6.07, 6.45) is 2.21. The van der Waals surface area contributed by atoms with Crippen LogP contribution in [-0.4, -0.2) is 32.2 Å². The van der Waals surface area contributed by atoms with E-state index in [4.69, 9.17) is 21.1 Å². The second-order valence-electron chi connectivity index (χ2n) is 5.26. The number of anilines is 1. The van der Waals surface area contributed by atoms with Gasteiger partial charge in [0.15, 0.2) is 18.1 Å². The zero-order valence-electron chi connectivity index (χ0n) is 14.7. The first kappa shape index (κ1) is 21.2. The van der Waals surface area contributed by atoms with Gasteiger partial charge >= 0.3 is 12.6 Å². The summed E-state index contributed by atoms with van der Waals surface area (Å²) in [5, 5.41) is 2.96. The van der Waals surface area contributed by atoms with E-state index >= 15 is 0 Å². The Kier molecular flexibility index (Phi) is 7.76. The summed E-state index contributed by atoms with van der Waals surface area (Å²) < 4.78 is 39.4. The van der Waals surface area contributed by atoms with Crippen molar-refractivity contribution in [2.45, 2.75) is 6.61 Å². The van der Waals surface area contributed by atoms with Crippen molar-refractivity contribution in [3.63, 3.8) is 0 Å². The number of carbonyl (C=O) groups is 2. The highest BCUT2D eigenvalue weighted by Gasteiger charge is 2.14. The molecule has 2 aromatic carbocycles. The molecule has 0 atom stereocenters. The fourth-order valence-electron chi connectivity index (χ4n) is 2.15. The number of alkyl halides is 2. The van der Waals surface area contributed by atoms with E-state index in [-0.39, 0.29) is 17.1 Å². The number of amides is 1. The summed E-state index contributed by atoms with van der Waals surface area (Å²) in [7, 11) is 1.30. The Balaban J connectivity index is 1.95. The van der Waals surface area contributed by atoms with Gasteiger partial charge in [-0.1, -0.05) is 29.8 Å². The molecule has 0 fully saturated rings. The number of methoxy groups -OCH3 is 1. The van der Waals surface area contributed by atoms with Gasteiger partial charge in [0.25, 0.3) is 5.91 Å². The molecule has 0 aliphatic rings. The highest BCUT2D eigenvalue weighted by Crippen LogP contribution is 2.33. The molecule has 2 rings (SSSR count). The van der Waals surface area contributed by atoms with Crippen LogP contribution in [0.2, 0.25) is 5.02 Å². The Morgan fingerprint density at radius 1 is 1.21 bits per heavy atom. The van der Waals surface area contributed by atoms with Gasteiger partial charge in [0, 0.05) is 22.3 Å². The number of esters is 1. The molecule has 148 valence electrons. The lowest BCUT2D eigenvalue weighted by molar-refractivity contribution is -0.142. The summed E-state index contributed by atoms with van der Waals surface area (Å²) in [5.41, 5.74) is 0.634. The van der Waals surface area contributed by atoms with Crippen molar-refractivity contribution in [1.82, 2.24) is 0 Å². The van der Waals surface area contributed by atoms with Gasteiger partial charge in [-0.3, -0.25) is 4.79 Å². The lowest BCUT2D eigenvalue weighted by atomic mass is 10.1. The Hall–Kier alpha value is -3.13. The van der Waals surface area contributed by atoms with Gasteiger partial charge in [0.2, 0.25) is 0 Å². The van der Waals surface area contributed by atoms with Gasteiger partial charge in [0.05, 0.1) is 7.11 Å². The van der Waals surface area contributed by atoms with Crippen LogP contribution in [0.5, 0.6) is 11.5 Å². The monoisotopic (exact) mass is 411 g/mol. The van der Waals surface area contributed by atoms with Crippen LogP contribution < -0.4 is 14.8 Å². The molecule has 0 saturated carbocycles. The minimum Gasteiger partial charge on any atom is -0.493 e. The first-order valence-electron chi connectivity index (χ1n) is 7.91. The smallest absolute Gasteiger partial charge is 0.387 e. The maximum absolute atomic E-state index is 12.6. The largest absolute Gasteiger partial charge is 0.493 e. The normalized spacial score (nSPS) is 10.8. The van der Waals surface area contributed by atoms with E-state index in [2.05, 4.69) is 10.1 Å². The van der Waals surface area contributed by atoms with Crippen molar-refractivity contribution in [3.05, 3.63) is 59.1 Å². The number of nitrogens with one attached hydrogen (secondary N) is 1. The Labute approximate surface area is 164 Å². The number of carbonyl (C=O) groups excluding carboxylic acids is 2. The Morgan fingerprint density at radius 3 is 2.64 bits per heavy atom. The van der Waals surface area contributed by atoms with Crippen molar-refractivity contribution >= 4 is 35.2 Å². The molecule has 0 bridgehead atoms. The van der Waals surface area contributed by atoms with Crippen LogP contribution in [0.3, 0.4) is 0 Å². The highest BCUT2D eigenvalue weighted by atomic mass is 35.5. The van der Waals surface area contributed by atoms with E-state index in [9.17, 15) is 18.4 Å². The molecule has 0 saturated heterocycles. The van der Waals surface area contributed by atoms with E-state index in [0.717, 1.165) is 6.08 Å². The second kappa shape index (κ2) is 10.3. The van der Waals surface area contributed by atoms with E-state index in [1.54, 1.807) is 24.3 Å². The molecule has 0 aliphatic carbocycles. The zero-order chi connectivity index (χ0) is 20.5. The van der Waals surface area contributed by atoms with Gasteiger partial charge in [-0.15, -0.1) is 0 Å². The first-order chi connectivity index (χ1) is 13.4. The molecule has 0 heterocycles. The third kappa shape index (κ3) is 6.55. The fraction of sp³-hybridized carbons (Fsp3) is 0.158. The maximum atomic E-state index is 12.6. The predicted molar refractivity (Wildman–Crippen MR) is 99.7 cm³/mol. The number of rotatable bonds is 8.